The van der Waals surface area contributed by atoms with Crippen molar-refractivity contribution >= 4 is 10.0 Å². The topological polar surface area (TPSA) is 75.6 Å². The van der Waals surface area contributed by atoms with Crippen molar-refractivity contribution in [2.75, 3.05) is 20.3 Å². The van der Waals surface area contributed by atoms with Gasteiger partial charge in [0.05, 0.1) is 17.6 Å². The molecule has 2 atom stereocenters. The molecular formula is C15H25NO4S. The highest BCUT2D eigenvalue weighted by Crippen LogP contribution is 2.20. The van der Waals surface area contributed by atoms with Gasteiger partial charge in [-0.3, -0.25) is 0 Å². The highest BCUT2D eigenvalue weighted by atomic mass is 32.2. The third-order valence-electron chi connectivity index (χ3n) is 3.50. The Morgan fingerprint density at radius 2 is 1.90 bits per heavy atom. The summed E-state index contributed by atoms with van der Waals surface area (Å²) in [5.41, 5.74) is 1.13. The van der Waals surface area contributed by atoms with Crippen molar-refractivity contribution in [1.29, 1.82) is 0 Å². The second-order valence-electron chi connectivity index (χ2n) is 5.17. The molecule has 0 amide bonds. The second kappa shape index (κ2) is 8.48. The van der Waals surface area contributed by atoms with E-state index >= 15 is 0 Å². The van der Waals surface area contributed by atoms with Gasteiger partial charge in [-0.1, -0.05) is 26.0 Å². The first-order chi connectivity index (χ1) is 9.90. The van der Waals surface area contributed by atoms with Gasteiger partial charge in [-0.25, -0.2) is 13.1 Å². The molecule has 21 heavy (non-hydrogen) atoms. The van der Waals surface area contributed by atoms with Crippen LogP contribution < -0.4 is 4.72 Å². The van der Waals surface area contributed by atoms with Crippen LogP contribution in [0.4, 0.5) is 0 Å². The molecule has 0 aliphatic heterocycles. The van der Waals surface area contributed by atoms with Gasteiger partial charge in [-0.2, -0.15) is 0 Å². The molecule has 0 aliphatic carbocycles. The summed E-state index contributed by atoms with van der Waals surface area (Å²) >= 11 is 0. The lowest BCUT2D eigenvalue weighted by molar-refractivity contribution is 0.0603. The van der Waals surface area contributed by atoms with Crippen molar-refractivity contribution in [3.05, 3.63) is 29.8 Å². The van der Waals surface area contributed by atoms with Crippen molar-refractivity contribution < 1.29 is 18.3 Å². The third kappa shape index (κ3) is 5.74. The lowest BCUT2D eigenvalue weighted by Crippen LogP contribution is -2.28. The maximum Gasteiger partial charge on any atom is 0.240 e. The van der Waals surface area contributed by atoms with Gasteiger partial charge in [0.25, 0.3) is 0 Å². The maximum atomic E-state index is 12.1. The van der Waals surface area contributed by atoms with Crippen LogP contribution in [0.15, 0.2) is 29.2 Å². The molecule has 0 bridgehead atoms. The number of rotatable bonds is 9. The van der Waals surface area contributed by atoms with Gasteiger partial charge >= 0.3 is 0 Å². The number of aliphatic hydroxyl groups excluding tert-OH is 1. The highest BCUT2D eigenvalue weighted by Gasteiger charge is 2.15. The molecule has 1 aromatic carbocycles. The molecule has 6 heteroatoms. The molecule has 1 aromatic rings. The van der Waals surface area contributed by atoms with Gasteiger partial charge in [0.1, 0.15) is 0 Å². The molecule has 5 nitrogen and oxygen atoms in total. The lowest BCUT2D eigenvalue weighted by Gasteiger charge is -2.12. The molecule has 1 rings (SSSR count). The first-order valence-electron chi connectivity index (χ1n) is 7.17. The van der Waals surface area contributed by atoms with Crippen LogP contribution >= 0.6 is 0 Å². The van der Waals surface area contributed by atoms with Gasteiger partial charge in [0.15, 0.2) is 0 Å². The van der Waals surface area contributed by atoms with Crippen molar-refractivity contribution in [3.8, 4) is 0 Å². The molecule has 0 aromatic heterocycles. The second-order valence-corrected chi connectivity index (χ2v) is 6.94. The SMILES string of the molecule is CCC(C)c1ccc(S(=O)(=O)NCCC(O)COC)cc1. The molecule has 0 radical (unpaired) electrons. The summed E-state index contributed by atoms with van der Waals surface area (Å²) in [7, 11) is -2.03. The summed E-state index contributed by atoms with van der Waals surface area (Å²) in [6.07, 6.45) is 0.671. The molecule has 2 unspecified atom stereocenters. The summed E-state index contributed by atoms with van der Waals surface area (Å²) in [5.74, 6) is 0.416. The maximum absolute atomic E-state index is 12.1. The standard InChI is InChI=1S/C15H25NO4S/c1-4-12(2)13-5-7-15(8-6-13)21(18,19)16-10-9-14(17)11-20-3/h5-8,12,14,16-17H,4,9-11H2,1-3H3. The zero-order chi connectivity index (χ0) is 15.9. The Kier molecular flexibility index (Phi) is 7.31. The van der Waals surface area contributed by atoms with Crippen molar-refractivity contribution in [1.82, 2.24) is 4.72 Å². The minimum Gasteiger partial charge on any atom is -0.391 e. The summed E-state index contributed by atoms with van der Waals surface area (Å²) in [5, 5.41) is 9.48. The molecule has 0 spiro atoms. The fourth-order valence-corrected chi connectivity index (χ4v) is 2.98. The summed E-state index contributed by atoms with van der Waals surface area (Å²) in [4.78, 5) is 0.246. The van der Waals surface area contributed by atoms with Gasteiger partial charge < -0.3 is 9.84 Å². The summed E-state index contributed by atoms with van der Waals surface area (Å²) in [6.45, 7) is 4.59. The van der Waals surface area contributed by atoms with Crippen LogP contribution in [0.25, 0.3) is 0 Å². The zero-order valence-corrected chi connectivity index (χ0v) is 13.7. The predicted octanol–water partition coefficient (Wildman–Crippen LogP) is 1.88. The Hall–Kier alpha value is -0.950. The molecular weight excluding hydrogens is 290 g/mol. The molecule has 120 valence electrons. The Labute approximate surface area is 127 Å². The lowest BCUT2D eigenvalue weighted by atomic mass is 9.99. The Bertz CT molecular complexity index is 513. The predicted molar refractivity (Wildman–Crippen MR) is 82.8 cm³/mol. The molecule has 0 saturated carbocycles. The zero-order valence-electron chi connectivity index (χ0n) is 12.9. The monoisotopic (exact) mass is 315 g/mol. The van der Waals surface area contributed by atoms with E-state index in [-0.39, 0.29) is 18.0 Å². The normalized spacial score (nSPS) is 14.9. The fraction of sp³-hybridized carbons (Fsp3) is 0.600. The van der Waals surface area contributed by atoms with Crippen LogP contribution in [0.1, 0.15) is 38.2 Å². The quantitative estimate of drug-likeness (QED) is 0.729. The molecule has 0 fully saturated rings. The number of hydrogen-bond acceptors (Lipinski definition) is 4. The fourth-order valence-electron chi connectivity index (χ4n) is 1.93. The van der Waals surface area contributed by atoms with Gasteiger partial charge in [-0.15, -0.1) is 0 Å². The van der Waals surface area contributed by atoms with E-state index in [4.69, 9.17) is 4.74 Å². The minimum absolute atomic E-state index is 0.181. The van der Waals surface area contributed by atoms with E-state index in [0.29, 0.717) is 12.3 Å². The van der Waals surface area contributed by atoms with E-state index in [1.165, 1.54) is 7.11 Å². The summed E-state index contributed by atoms with van der Waals surface area (Å²) in [6, 6.07) is 6.94. The van der Waals surface area contributed by atoms with Crippen LogP contribution in [0, 0.1) is 0 Å². The number of aliphatic hydroxyl groups is 1. The van der Waals surface area contributed by atoms with Crippen LogP contribution in [0.2, 0.25) is 0 Å². The Morgan fingerprint density at radius 1 is 1.29 bits per heavy atom. The Morgan fingerprint density at radius 3 is 2.43 bits per heavy atom. The van der Waals surface area contributed by atoms with Crippen molar-refractivity contribution in [2.45, 2.75) is 43.6 Å². The average Bonchev–Trinajstić information content (AvgIpc) is 2.46. The minimum atomic E-state index is -3.52. The van der Waals surface area contributed by atoms with Crippen LogP contribution in [-0.2, 0) is 14.8 Å². The molecule has 0 heterocycles. The number of sulfonamides is 1. The van der Waals surface area contributed by atoms with E-state index in [1.54, 1.807) is 12.1 Å². The Balaban J connectivity index is 2.62. The third-order valence-corrected chi connectivity index (χ3v) is 4.98. The molecule has 0 saturated heterocycles. The van der Waals surface area contributed by atoms with Gasteiger partial charge in [0, 0.05) is 13.7 Å². The van der Waals surface area contributed by atoms with E-state index in [9.17, 15) is 13.5 Å². The van der Waals surface area contributed by atoms with Crippen LogP contribution in [0.3, 0.4) is 0 Å². The smallest absolute Gasteiger partial charge is 0.240 e. The van der Waals surface area contributed by atoms with E-state index < -0.39 is 16.1 Å². The van der Waals surface area contributed by atoms with E-state index in [2.05, 4.69) is 18.6 Å². The molecule has 0 aliphatic rings. The number of nitrogens with one attached hydrogen (secondary N) is 1. The summed E-state index contributed by atoms with van der Waals surface area (Å²) < 4.78 is 31.5. The molecule has 2 N–H and O–H groups in total. The highest BCUT2D eigenvalue weighted by molar-refractivity contribution is 7.89. The van der Waals surface area contributed by atoms with Gasteiger partial charge in [0.2, 0.25) is 10.0 Å². The van der Waals surface area contributed by atoms with E-state index in [0.717, 1.165) is 12.0 Å². The number of ether oxygens (including phenoxy) is 1. The number of methoxy groups -OCH3 is 1. The van der Waals surface area contributed by atoms with Crippen LogP contribution in [-0.4, -0.2) is 39.9 Å². The average molecular weight is 315 g/mol. The van der Waals surface area contributed by atoms with Gasteiger partial charge in [-0.05, 0) is 36.5 Å². The van der Waals surface area contributed by atoms with Crippen molar-refractivity contribution in [3.63, 3.8) is 0 Å². The first kappa shape index (κ1) is 18.1. The first-order valence-corrected chi connectivity index (χ1v) is 8.65. The van der Waals surface area contributed by atoms with Crippen LogP contribution in [0.5, 0.6) is 0 Å². The van der Waals surface area contributed by atoms with E-state index in [1.807, 2.05) is 12.1 Å². The number of hydrogen-bond donors (Lipinski definition) is 2. The number of benzene rings is 1. The largest absolute Gasteiger partial charge is 0.391 e. The van der Waals surface area contributed by atoms with Crippen molar-refractivity contribution in [2.24, 2.45) is 0 Å².